The van der Waals surface area contributed by atoms with Crippen molar-refractivity contribution in [1.82, 2.24) is 24.4 Å². The van der Waals surface area contributed by atoms with E-state index in [1.54, 1.807) is 6.07 Å². The molecule has 0 radical (unpaired) electrons. The van der Waals surface area contributed by atoms with E-state index in [2.05, 4.69) is 19.5 Å². The van der Waals surface area contributed by atoms with Gasteiger partial charge in [0, 0.05) is 51.2 Å². The lowest BCUT2D eigenvalue weighted by molar-refractivity contribution is 0.0702. The first-order chi connectivity index (χ1) is 15.9. The number of sulfonamides is 1. The Balaban J connectivity index is 1.53. The van der Waals surface area contributed by atoms with Gasteiger partial charge in [0.1, 0.15) is 11.6 Å². The van der Waals surface area contributed by atoms with Crippen LogP contribution in [-0.4, -0.2) is 67.3 Å². The molecule has 1 unspecified atom stereocenters. The summed E-state index contributed by atoms with van der Waals surface area (Å²) in [7, 11) is -2.20. The number of amides is 1. The number of piperidine rings is 1. The Bertz CT molecular complexity index is 1100. The van der Waals surface area contributed by atoms with Crippen molar-refractivity contribution in [1.29, 1.82) is 0 Å². The maximum absolute atomic E-state index is 13.5. The summed E-state index contributed by atoms with van der Waals surface area (Å²) in [6, 6.07) is 4.71. The van der Waals surface area contributed by atoms with E-state index in [9.17, 15) is 13.2 Å². The monoisotopic (exact) mass is 475 g/mol. The number of aryl methyl sites for hydroxylation is 2. The molecule has 10 heteroatoms. The fourth-order valence-corrected chi connectivity index (χ4v) is 5.75. The van der Waals surface area contributed by atoms with Gasteiger partial charge in [0.25, 0.3) is 5.91 Å². The van der Waals surface area contributed by atoms with Crippen molar-refractivity contribution in [2.24, 2.45) is 0 Å². The number of rotatable bonds is 7. The van der Waals surface area contributed by atoms with Gasteiger partial charge in [-0.1, -0.05) is 12.5 Å². The molecule has 2 aliphatic heterocycles. The molecule has 1 saturated heterocycles. The highest BCUT2D eigenvalue weighted by molar-refractivity contribution is 7.89. The van der Waals surface area contributed by atoms with Crippen LogP contribution < -0.4 is 4.72 Å². The lowest BCUT2D eigenvalue weighted by Crippen LogP contribution is -2.40. The predicted molar refractivity (Wildman–Crippen MR) is 124 cm³/mol. The predicted octanol–water partition coefficient (Wildman–Crippen LogP) is 2.26. The number of fused-ring (bicyclic) bond motifs is 1. The molecule has 180 valence electrons. The minimum Gasteiger partial charge on any atom is -0.383 e. The summed E-state index contributed by atoms with van der Waals surface area (Å²) in [6.07, 6.45) is 6.30. The van der Waals surface area contributed by atoms with Crippen molar-refractivity contribution in [2.45, 2.75) is 62.8 Å². The minimum atomic E-state index is -3.72. The third-order valence-corrected chi connectivity index (χ3v) is 8.02. The molecule has 0 aliphatic carbocycles. The molecule has 33 heavy (non-hydrogen) atoms. The minimum absolute atomic E-state index is 0.0869. The zero-order valence-electron chi connectivity index (χ0n) is 19.4. The number of methoxy groups -OCH3 is 1. The van der Waals surface area contributed by atoms with E-state index < -0.39 is 10.0 Å². The molecule has 2 aromatic rings. The van der Waals surface area contributed by atoms with Crippen molar-refractivity contribution >= 4 is 15.9 Å². The summed E-state index contributed by atoms with van der Waals surface area (Å²) in [6.45, 7) is 4.45. The average Bonchev–Trinajstić information content (AvgIpc) is 3.07. The molecular formula is C23H33N5O4S. The van der Waals surface area contributed by atoms with Crippen molar-refractivity contribution < 1.29 is 17.9 Å². The molecule has 4 rings (SSSR count). The van der Waals surface area contributed by atoms with Crippen LogP contribution in [-0.2, 0) is 27.7 Å². The summed E-state index contributed by atoms with van der Waals surface area (Å²) in [5, 5.41) is 8.94. The van der Waals surface area contributed by atoms with Gasteiger partial charge in [0.15, 0.2) is 0 Å². The maximum atomic E-state index is 13.5. The second kappa shape index (κ2) is 10.3. The van der Waals surface area contributed by atoms with E-state index in [1.165, 1.54) is 25.7 Å². The van der Waals surface area contributed by atoms with Crippen molar-refractivity contribution in [3.05, 3.63) is 41.0 Å². The number of hydrogen-bond acceptors (Lipinski definition) is 6. The zero-order valence-corrected chi connectivity index (χ0v) is 20.2. The Hall–Kier alpha value is -2.30. The summed E-state index contributed by atoms with van der Waals surface area (Å²) in [5.41, 5.74) is 1.18. The molecule has 9 nitrogen and oxygen atoms in total. The van der Waals surface area contributed by atoms with Crippen molar-refractivity contribution in [3.63, 3.8) is 0 Å². The smallest absolute Gasteiger partial charge is 0.254 e. The molecule has 1 atom stereocenters. The van der Waals surface area contributed by atoms with E-state index >= 15 is 0 Å². The molecule has 1 aromatic carbocycles. The molecule has 0 bridgehead atoms. The van der Waals surface area contributed by atoms with Gasteiger partial charge in [-0.2, -0.15) is 0 Å². The Labute approximate surface area is 195 Å². The van der Waals surface area contributed by atoms with Crippen LogP contribution >= 0.6 is 0 Å². The molecule has 0 spiro atoms. The highest BCUT2D eigenvalue weighted by Crippen LogP contribution is 2.29. The first kappa shape index (κ1) is 23.8. The van der Waals surface area contributed by atoms with Gasteiger partial charge >= 0.3 is 0 Å². The molecular weight excluding hydrogens is 442 g/mol. The standard InChI is InChI=1S/C23H33N5O4S/c1-17-9-10-19(33(30,31)24-11-14-32-2)15-20(17)23(29)27-12-6-7-18(16-27)22-26-25-21-8-4-3-5-13-28(21)22/h9-10,15,18,24H,3-8,11-14,16H2,1-2H3. The number of likely N-dealkylation sites (tertiary alicyclic amines) is 1. The number of carbonyl (C=O) groups is 1. The first-order valence-electron chi connectivity index (χ1n) is 11.7. The quantitative estimate of drug-likeness (QED) is 0.616. The Morgan fingerprint density at radius 2 is 2.03 bits per heavy atom. The summed E-state index contributed by atoms with van der Waals surface area (Å²) in [4.78, 5) is 15.4. The van der Waals surface area contributed by atoms with Gasteiger partial charge in [-0.3, -0.25) is 4.79 Å². The average molecular weight is 476 g/mol. The summed E-state index contributed by atoms with van der Waals surface area (Å²) < 4.78 is 34.9. The second-order valence-electron chi connectivity index (χ2n) is 8.89. The third-order valence-electron chi connectivity index (χ3n) is 6.56. The van der Waals surface area contributed by atoms with Gasteiger partial charge in [0.05, 0.1) is 11.5 Å². The van der Waals surface area contributed by atoms with E-state index in [0.717, 1.165) is 55.9 Å². The number of hydrogen-bond donors (Lipinski definition) is 1. The SMILES string of the molecule is COCCNS(=O)(=O)c1ccc(C)c(C(=O)N2CCCC(c3nnc4n3CCCCC4)C2)c1. The van der Waals surface area contributed by atoms with Gasteiger partial charge in [-0.05, 0) is 50.3 Å². The van der Waals surface area contributed by atoms with Gasteiger partial charge in [0.2, 0.25) is 10.0 Å². The maximum Gasteiger partial charge on any atom is 0.254 e. The zero-order chi connectivity index (χ0) is 23.4. The molecule has 2 aliphatic rings. The number of nitrogens with zero attached hydrogens (tertiary/aromatic N) is 4. The van der Waals surface area contributed by atoms with Gasteiger partial charge < -0.3 is 14.2 Å². The number of carbonyl (C=O) groups excluding carboxylic acids is 1. The molecule has 1 N–H and O–H groups in total. The van der Waals surface area contributed by atoms with Gasteiger partial charge in [-0.25, -0.2) is 13.1 Å². The molecule has 1 fully saturated rings. The highest BCUT2D eigenvalue weighted by Gasteiger charge is 2.31. The number of benzene rings is 1. The molecule has 0 saturated carbocycles. The van der Waals surface area contributed by atoms with E-state index in [1.807, 2.05) is 11.8 Å². The van der Waals surface area contributed by atoms with Crippen molar-refractivity contribution in [3.8, 4) is 0 Å². The molecule has 3 heterocycles. The second-order valence-corrected chi connectivity index (χ2v) is 10.7. The summed E-state index contributed by atoms with van der Waals surface area (Å²) >= 11 is 0. The lowest BCUT2D eigenvalue weighted by atomic mass is 9.96. The van der Waals surface area contributed by atoms with Crippen LogP contribution in [0.5, 0.6) is 0 Å². The number of ether oxygens (including phenoxy) is 1. The lowest BCUT2D eigenvalue weighted by Gasteiger charge is -2.33. The van der Waals surface area contributed by atoms with Crippen molar-refractivity contribution in [2.75, 3.05) is 33.4 Å². The first-order valence-corrected chi connectivity index (χ1v) is 13.2. The normalized spacial score (nSPS) is 19.2. The fraction of sp³-hybridized carbons (Fsp3) is 0.609. The molecule has 1 amide bonds. The summed E-state index contributed by atoms with van der Waals surface area (Å²) in [5.74, 6) is 2.05. The van der Waals surface area contributed by atoms with Crippen LogP contribution in [0.2, 0.25) is 0 Å². The van der Waals surface area contributed by atoms with Gasteiger partial charge in [-0.15, -0.1) is 10.2 Å². The largest absolute Gasteiger partial charge is 0.383 e. The highest BCUT2D eigenvalue weighted by atomic mass is 32.2. The third kappa shape index (κ3) is 5.28. The van der Waals surface area contributed by atoms with E-state index in [4.69, 9.17) is 4.74 Å². The number of aromatic nitrogens is 3. The fourth-order valence-electron chi connectivity index (χ4n) is 4.71. The van der Waals surface area contributed by atoms with E-state index in [0.29, 0.717) is 18.7 Å². The van der Waals surface area contributed by atoms with E-state index in [-0.39, 0.29) is 29.9 Å². The Morgan fingerprint density at radius 1 is 1.18 bits per heavy atom. The van der Waals surface area contributed by atoms with Crippen LogP contribution in [0.3, 0.4) is 0 Å². The Kier molecular flexibility index (Phi) is 7.45. The van der Waals surface area contributed by atoms with Crippen LogP contribution in [0.15, 0.2) is 23.1 Å². The van der Waals surface area contributed by atoms with Crippen LogP contribution in [0, 0.1) is 6.92 Å². The molecule has 1 aromatic heterocycles. The number of nitrogens with one attached hydrogen (secondary N) is 1. The topological polar surface area (TPSA) is 106 Å². The van der Waals surface area contributed by atoms with Crippen LogP contribution in [0.25, 0.3) is 0 Å². The Morgan fingerprint density at radius 3 is 2.85 bits per heavy atom. The van der Waals surface area contributed by atoms with Crippen LogP contribution in [0.4, 0.5) is 0 Å². The van der Waals surface area contributed by atoms with Crippen LogP contribution in [0.1, 0.15) is 65.6 Å².